The molecule has 4 amide bonds. The average molecular weight is 439 g/mol. The molecule has 1 fully saturated rings. The van der Waals surface area contributed by atoms with Gasteiger partial charge in [-0.25, -0.2) is 14.5 Å². The highest BCUT2D eigenvalue weighted by Crippen LogP contribution is 2.30. The van der Waals surface area contributed by atoms with Crippen molar-refractivity contribution in [2.45, 2.75) is 13.0 Å². The Hall–Kier alpha value is -4.34. The summed E-state index contributed by atoms with van der Waals surface area (Å²) in [7, 11) is 1.39. The van der Waals surface area contributed by atoms with E-state index in [4.69, 9.17) is 14.6 Å². The molecule has 1 atom stereocenters. The van der Waals surface area contributed by atoms with Gasteiger partial charge in [-0.3, -0.25) is 9.59 Å². The number of benzene rings is 2. The highest BCUT2D eigenvalue weighted by molar-refractivity contribution is 6.15. The Bertz CT molecular complexity index is 1080. The third kappa shape index (κ3) is 5.22. The van der Waals surface area contributed by atoms with Gasteiger partial charge in [0.25, 0.3) is 5.91 Å². The van der Waals surface area contributed by atoms with Crippen molar-refractivity contribution in [1.29, 1.82) is 0 Å². The molecule has 0 radical (unpaired) electrons. The Morgan fingerprint density at radius 2 is 1.88 bits per heavy atom. The standard InChI is InChI=1S/C22H21N3O7/c1-13(21(28)29)32-17-9-8-14(11-18(17)31-2)10-16-20(27)25(22(30)24-16)12-19(26)23-15-6-4-3-5-7-15/h3-11,13H,12H2,1-2H3,(H,23,26)(H,24,30)(H,28,29)/b16-10-/t13-/m1/s1. The van der Waals surface area contributed by atoms with E-state index in [1.807, 2.05) is 0 Å². The first-order chi connectivity index (χ1) is 15.3. The van der Waals surface area contributed by atoms with E-state index >= 15 is 0 Å². The maximum Gasteiger partial charge on any atom is 0.344 e. The minimum Gasteiger partial charge on any atom is -0.493 e. The van der Waals surface area contributed by atoms with Crippen LogP contribution in [0.2, 0.25) is 0 Å². The first kappa shape index (κ1) is 22.3. The zero-order valence-electron chi connectivity index (χ0n) is 17.3. The number of para-hydroxylation sites is 1. The Morgan fingerprint density at radius 3 is 2.53 bits per heavy atom. The van der Waals surface area contributed by atoms with Crippen LogP contribution < -0.4 is 20.1 Å². The van der Waals surface area contributed by atoms with E-state index < -0.39 is 36.5 Å². The smallest absolute Gasteiger partial charge is 0.344 e. The molecule has 0 aromatic heterocycles. The molecule has 1 aliphatic rings. The van der Waals surface area contributed by atoms with Gasteiger partial charge in [0.1, 0.15) is 12.2 Å². The number of nitrogens with zero attached hydrogens (tertiary/aromatic N) is 1. The van der Waals surface area contributed by atoms with Crippen LogP contribution in [-0.4, -0.2) is 53.6 Å². The molecule has 1 saturated heterocycles. The quantitative estimate of drug-likeness (QED) is 0.423. The van der Waals surface area contributed by atoms with Gasteiger partial charge in [0.15, 0.2) is 17.6 Å². The number of carboxylic acid groups (broad SMARTS) is 1. The Labute approximate surface area is 183 Å². The van der Waals surface area contributed by atoms with Gasteiger partial charge in [0.2, 0.25) is 5.91 Å². The molecule has 3 N–H and O–H groups in total. The number of urea groups is 1. The second kappa shape index (κ2) is 9.65. The van der Waals surface area contributed by atoms with E-state index in [1.54, 1.807) is 36.4 Å². The molecule has 1 heterocycles. The maximum absolute atomic E-state index is 12.6. The Kier molecular flexibility index (Phi) is 6.74. The van der Waals surface area contributed by atoms with Crippen LogP contribution in [0.5, 0.6) is 11.5 Å². The van der Waals surface area contributed by atoms with Crippen LogP contribution in [0, 0.1) is 0 Å². The number of methoxy groups -OCH3 is 1. The average Bonchev–Trinajstić information content (AvgIpc) is 3.02. The molecule has 2 aromatic carbocycles. The predicted octanol–water partition coefficient (Wildman–Crippen LogP) is 2.08. The predicted molar refractivity (Wildman–Crippen MR) is 114 cm³/mol. The summed E-state index contributed by atoms with van der Waals surface area (Å²) in [5.74, 6) is -1.84. The molecule has 10 nitrogen and oxygen atoms in total. The zero-order chi connectivity index (χ0) is 23.3. The first-order valence-corrected chi connectivity index (χ1v) is 9.55. The van der Waals surface area contributed by atoms with Crippen LogP contribution in [0.3, 0.4) is 0 Å². The normalized spacial score (nSPS) is 15.3. The summed E-state index contributed by atoms with van der Waals surface area (Å²) < 4.78 is 10.6. The van der Waals surface area contributed by atoms with E-state index in [0.717, 1.165) is 4.90 Å². The van der Waals surface area contributed by atoms with Gasteiger partial charge < -0.3 is 25.2 Å². The van der Waals surface area contributed by atoms with Gasteiger partial charge in [0, 0.05) is 5.69 Å². The fourth-order valence-electron chi connectivity index (χ4n) is 2.86. The number of ether oxygens (including phenoxy) is 2. The fourth-order valence-corrected chi connectivity index (χ4v) is 2.86. The van der Waals surface area contributed by atoms with E-state index in [9.17, 15) is 19.2 Å². The van der Waals surface area contributed by atoms with Crippen molar-refractivity contribution in [2.75, 3.05) is 19.0 Å². The van der Waals surface area contributed by atoms with E-state index in [-0.39, 0.29) is 17.2 Å². The van der Waals surface area contributed by atoms with Gasteiger partial charge >= 0.3 is 12.0 Å². The number of hydrogen-bond donors (Lipinski definition) is 3. The zero-order valence-corrected chi connectivity index (χ0v) is 17.3. The van der Waals surface area contributed by atoms with Crippen LogP contribution >= 0.6 is 0 Å². The van der Waals surface area contributed by atoms with Crippen molar-refractivity contribution in [3.63, 3.8) is 0 Å². The van der Waals surface area contributed by atoms with E-state index in [0.29, 0.717) is 11.3 Å². The molecule has 166 valence electrons. The maximum atomic E-state index is 12.6. The van der Waals surface area contributed by atoms with Gasteiger partial charge in [-0.1, -0.05) is 24.3 Å². The molecule has 1 aliphatic heterocycles. The topological polar surface area (TPSA) is 134 Å². The van der Waals surface area contributed by atoms with Crippen LogP contribution in [0.4, 0.5) is 10.5 Å². The molecule has 32 heavy (non-hydrogen) atoms. The van der Waals surface area contributed by atoms with Crippen LogP contribution in [0.25, 0.3) is 6.08 Å². The number of carbonyl (C=O) groups excluding carboxylic acids is 3. The summed E-state index contributed by atoms with van der Waals surface area (Å²) in [6, 6.07) is 12.5. The molecular formula is C22H21N3O7. The SMILES string of the molecule is COc1cc(/C=C2\NC(=O)N(CC(=O)Nc3ccccc3)C2=O)ccc1O[C@H](C)C(=O)O. The summed E-state index contributed by atoms with van der Waals surface area (Å²) in [5.41, 5.74) is 1.03. The number of amides is 4. The number of hydrogen-bond acceptors (Lipinski definition) is 6. The van der Waals surface area contributed by atoms with Crippen molar-refractivity contribution < 1.29 is 33.8 Å². The first-order valence-electron chi connectivity index (χ1n) is 9.55. The molecular weight excluding hydrogens is 418 g/mol. The minimum absolute atomic E-state index is 0.0165. The summed E-state index contributed by atoms with van der Waals surface area (Å²) in [6.45, 7) is 0.937. The van der Waals surface area contributed by atoms with E-state index in [2.05, 4.69) is 10.6 Å². The van der Waals surface area contributed by atoms with Crippen LogP contribution in [0.1, 0.15) is 12.5 Å². The molecule has 2 aromatic rings. The van der Waals surface area contributed by atoms with Gasteiger partial charge in [-0.15, -0.1) is 0 Å². The lowest BCUT2D eigenvalue weighted by Gasteiger charge is -2.14. The van der Waals surface area contributed by atoms with Crippen LogP contribution in [0.15, 0.2) is 54.2 Å². The van der Waals surface area contributed by atoms with Crippen molar-refractivity contribution in [1.82, 2.24) is 10.2 Å². The minimum atomic E-state index is -1.13. The fraction of sp³-hybridized carbons (Fsp3) is 0.182. The molecule has 0 aliphatic carbocycles. The van der Waals surface area contributed by atoms with Crippen molar-refractivity contribution >= 4 is 35.6 Å². The Balaban J connectivity index is 1.72. The summed E-state index contributed by atoms with van der Waals surface area (Å²) in [5, 5.41) is 14.0. The number of anilines is 1. The molecule has 3 rings (SSSR count). The Morgan fingerprint density at radius 1 is 1.16 bits per heavy atom. The lowest BCUT2D eigenvalue weighted by Crippen LogP contribution is -2.38. The monoisotopic (exact) mass is 439 g/mol. The lowest BCUT2D eigenvalue weighted by atomic mass is 10.1. The molecule has 10 heteroatoms. The van der Waals surface area contributed by atoms with Crippen LogP contribution in [-0.2, 0) is 14.4 Å². The third-order valence-electron chi connectivity index (χ3n) is 4.47. The molecule has 0 saturated carbocycles. The highest BCUT2D eigenvalue weighted by atomic mass is 16.5. The number of aliphatic carboxylic acids is 1. The third-order valence-corrected chi connectivity index (χ3v) is 4.47. The van der Waals surface area contributed by atoms with Crippen molar-refractivity contribution in [3.05, 3.63) is 59.8 Å². The number of nitrogens with one attached hydrogen (secondary N) is 2. The summed E-state index contributed by atoms with van der Waals surface area (Å²) in [6.07, 6.45) is 0.335. The van der Waals surface area contributed by atoms with E-state index in [1.165, 1.54) is 32.2 Å². The second-order valence-corrected chi connectivity index (χ2v) is 6.80. The molecule has 0 bridgehead atoms. The van der Waals surface area contributed by atoms with Crippen molar-refractivity contribution in [3.8, 4) is 11.5 Å². The number of imide groups is 1. The number of carbonyl (C=O) groups is 4. The molecule has 0 unspecified atom stereocenters. The van der Waals surface area contributed by atoms with Gasteiger partial charge in [0.05, 0.1) is 7.11 Å². The number of rotatable bonds is 8. The summed E-state index contributed by atoms with van der Waals surface area (Å²) >= 11 is 0. The summed E-state index contributed by atoms with van der Waals surface area (Å²) in [4.78, 5) is 48.8. The van der Waals surface area contributed by atoms with Crippen molar-refractivity contribution in [2.24, 2.45) is 0 Å². The lowest BCUT2D eigenvalue weighted by molar-refractivity contribution is -0.144. The largest absolute Gasteiger partial charge is 0.493 e. The second-order valence-electron chi connectivity index (χ2n) is 6.80. The highest BCUT2D eigenvalue weighted by Gasteiger charge is 2.35. The van der Waals surface area contributed by atoms with Gasteiger partial charge in [-0.2, -0.15) is 0 Å². The molecule has 0 spiro atoms. The van der Waals surface area contributed by atoms with Gasteiger partial charge in [-0.05, 0) is 42.8 Å². The number of carboxylic acids is 1.